The van der Waals surface area contributed by atoms with Gasteiger partial charge in [0, 0.05) is 38.7 Å². The van der Waals surface area contributed by atoms with Crippen LogP contribution in [0.25, 0.3) is 11.1 Å². The molecule has 1 atom stereocenters. The number of sulfonamides is 1. The predicted octanol–water partition coefficient (Wildman–Crippen LogP) is 2.16. The van der Waals surface area contributed by atoms with Crippen LogP contribution in [0.4, 0.5) is 5.69 Å². The number of anilines is 1. The maximum atomic E-state index is 13.5. The van der Waals surface area contributed by atoms with Crippen molar-refractivity contribution < 1.29 is 32.2 Å². The summed E-state index contributed by atoms with van der Waals surface area (Å²) in [7, 11) is 1.21. The van der Waals surface area contributed by atoms with Crippen molar-refractivity contribution in [2.24, 2.45) is 0 Å². The largest absolute Gasteiger partial charge is 0.493 e. The summed E-state index contributed by atoms with van der Waals surface area (Å²) in [5.41, 5.74) is 2.81. The molecule has 2 aliphatic rings. The lowest BCUT2D eigenvalue weighted by atomic mass is 9.95. The fourth-order valence-electron chi connectivity index (χ4n) is 5.63. The Morgan fingerprint density at radius 2 is 1.67 bits per heavy atom. The highest BCUT2D eigenvalue weighted by atomic mass is 32.2. The van der Waals surface area contributed by atoms with E-state index < -0.39 is 21.3 Å². The first kappa shape index (κ1) is 32.1. The fourth-order valence-corrected chi connectivity index (χ4v) is 6.90. The van der Waals surface area contributed by atoms with Crippen LogP contribution in [-0.2, 0) is 26.0 Å². The van der Waals surface area contributed by atoms with Crippen LogP contribution in [0.1, 0.15) is 44.4 Å². The number of piperazine rings is 1. The van der Waals surface area contributed by atoms with Crippen LogP contribution in [0.2, 0.25) is 0 Å². The molecule has 4 rings (SSSR count). The maximum absolute atomic E-state index is 13.5. The highest BCUT2D eigenvalue weighted by molar-refractivity contribution is 7.89. The molecule has 1 saturated heterocycles. The summed E-state index contributed by atoms with van der Waals surface area (Å²) in [5.74, 6) is 0.892. The number of benzene rings is 1. The molecule has 0 radical (unpaired) electrons. The number of aryl methyl sites for hydroxylation is 1. The zero-order valence-corrected chi connectivity index (χ0v) is 26.3. The Morgan fingerprint density at radius 1 is 1.00 bits per heavy atom. The highest BCUT2D eigenvalue weighted by Gasteiger charge is 2.32. The van der Waals surface area contributed by atoms with E-state index in [1.165, 1.54) is 31.5 Å². The van der Waals surface area contributed by atoms with E-state index in [-0.39, 0.29) is 55.7 Å². The lowest BCUT2D eigenvalue weighted by Gasteiger charge is -2.35. The number of nitrogens with one attached hydrogen (secondary N) is 2. The van der Waals surface area contributed by atoms with E-state index in [1.54, 1.807) is 38.0 Å². The zero-order valence-electron chi connectivity index (χ0n) is 25.5. The molecule has 12 nitrogen and oxygen atoms in total. The normalized spacial score (nSPS) is 16.9. The monoisotopic (exact) mass is 616 g/mol. The Bertz CT molecular complexity index is 1550. The van der Waals surface area contributed by atoms with Gasteiger partial charge in [-0.25, -0.2) is 8.42 Å². The Kier molecular flexibility index (Phi) is 9.86. The van der Waals surface area contributed by atoms with E-state index in [0.717, 1.165) is 11.1 Å². The third-order valence-electron chi connectivity index (χ3n) is 7.89. The van der Waals surface area contributed by atoms with Crippen molar-refractivity contribution in [3.05, 3.63) is 45.6 Å². The maximum Gasteiger partial charge on any atom is 0.241 e. The molecule has 0 bridgehead atoms. The molecule has 2 aromatic rings. The second kappa shape index (κ2) is 13.2. The third kappa shape index (κ3) is 6.57. The van der Waals surface area contributed by atoms with E-state index in [2.05, 4.69) is 10.6 Å². The molecule has 1 heterocycles. The zero-order chi connectivity index (χ0) is 31.5. The smallest absolute Gasteiger partial charge is 0.241 e. The van der Waals surface area contributed by atoms with Gasteiger partial charge in [-0.05, 0) is 61.6 Å². The number of nitrogens with zero attached hydrogens (tertiary/aromatic N) is 2. The molecule has 2 aromatic carbocycles. The summed E-state index contributed by atoms with van der Waals surface area (Å²) in [6, 6.07) is 6.33. The molecule has 43 heavy (non-hydrogen) atoms. The Hall–Kier alpha value is -3.84. The number of hydrogen-bond donors (Lipinski definition) is 2. The molecule has 1 aliphatic carbocycles. The van der Waals surface area contributed by atoms with Gasteiger partial charge in [-0.15, -0.1) is 0 Å². The average molecular weight is 617 g/mol. The summed E-state index contributed by atoms with van der Waals surface area (Å²) < 4.78 is 43.3. The van der Waals surface area contributed by atoms with E-state index in [0.29, 0.717) is 41.2 Å². The first-order valence-electron chi connectivity index (χ1n) is 14.2. The van der Waals surface area contributed by atoms with Gasteiger partial charge in [0.1, 0.15) is 0 Å². The highest BCUT2D eigenvalue weighted by Crippen LogP contribution is 2.50. The summed E-state index contributed by atoms with van der Waals surface area (Å²) in [6.45, 7) is 5.57. The van der Waals surface area contributed by atoms with Crippen LogP contribution < -0.4 is 30.3 Å². The minimum atomic E-state index is -3.39. The minimum Gasteiger partial charge on any atom is -0.493 e. The molecular formula is C30H40N4O8S. The Morgan fingerprint density at radius 3 is 2.26 bits per heavy atom. The lowest BCUT2D eigenvalue weighted by molar-refractivity contribution is -0.130. The molecule has 1 aliphatic heterocycles. The molecule has 0 saturated carbocycles. The second-order valence-corrected chi connectivity index (χ2v) is 13.3. The van der Waals surface area contributed by atoms with Crippen molar-refractivity contribution >= 4 is 27.5 Å². The number of carbonyl (C=O) groups excluding carboxylic acids is 2. The molecular weight excluding hydrogens is 576 g/mol. The number of methoxy groups -OCH3 is 3. The van der Waals surface area contributed by atoms with Crippen LogP contribution in [0.5, 0.6) is 17.2 Å². The van der Waals surface area contributed by atoms with Crippen molar-refractivity contribution in [3.8, 4) is 28.4 Å². The van der Waals surface area contributed by atoms with Gasteiger partial charge in [0.25, 0.3) is 0 Å². The van der Waals surface area contributed by atoms with E-state index in [4.69, 9.17) is 14.2 Å². The standard InChI is InChI=1S/C30H40N4O8S/c1-18(2)43(38,39)34-13-11-33(12-14-34)27(37)17-31-24-10-8-21-22(16-25(24)36)23(32-19(3)35)9-7-20-15-26(40-4)29(41-5)30(42-6)28(20)21/h8,10,15-16,18,23H,7,9,11-14,17H2,1-6H3,(H,31,36)(H,32,35)/t23-/m0/s1. The fraction of sp³-hybridized carbons (Fsp3) is 0.500. The van der Waals surface area contributed by atoms with Gasteiger partial charge >= 0.3 is 0 Å². The number of fused-ring (bicyclic) bond motifs is 3. The number of carbonyl (C=O) groups is 2. The summed E-state index contributed by atoms with van der Waals surface area (Å²) in [6.07, 6.45) is 1.11. The molecule has 0 unspecified atom stereocenters. The van der Waals surface area contributed by atoms with Crippen molar-refractivity contribution in [1.29, 1.82) is 0 Å². The van der Waals surface area contributed by atoms with Gasteiger partial charge in [0.2, 0.25) is 33.0 Å². The Balaban J connectivity index is 1.66. The minimum absolute atomic E-state index is 0.138. The number of amides is 2. The van der Waals surface area contributed by atoms with Crippen LogP contribution in [-0.4, -0.2) is 88.7 Å². The number of rotatable bonds is 9. The summed E-state index contributed by atoms with van der Waals surface area (Å²) in [5, 5.41) is 5.42. The van der Waals surface area contributed by atoms with Gasteiger partial charge in [0.05, 0.1) is 44.9 Å². The molecule has 0 aromatic heterocycles. The van der Waals surface area contributed by atoms with Gasteiger partial charge < -0.3 is 29.7 Å². The first-order valence-corrected chi connectivity index (χ1v) is 15.7. The van der Waals surface area contributed by atoms with Gasteiger partial charge in [0.15, 0.2) is 11.5 Å². The predicted molar refractivity (Wildman–Crippen MR) is 163 cm³/mol. The summed E-state index contributed by atoms with van der Waals surface area (Å²) in [4.78, 5) is 40.2. The Labute approximate surface area is 252 Å². The number of hydrogen-bond acceptors (Lipinski definition) is 9. The second-order valence-electron chi connectivity index (χ2n) is 10.8. The molecule has 234 valence electrons. The molecule has 0 spiro atoms. The van der Waals surface area contributed by atoms with Gasteiger partial charge in [-0.1, -0.05) is 6.07 Å². The quantitative estimate of drug-likeness (QED) is 0.433. The molecule has 1 fully saturated rings. The number of ether oxygens (including phenoxy) is 3. The lowest BCUT2D eigenvalue weighted by Crippen LogP contribution is -2.53. The third-order valence-corrected chi connectivity index (χ3v) is 10.2. The van der Waals surface area contributed by atoms with Gasteiger partial charge in [-0.2, -0.15) is 4.31 Å². The van der Waals surface area contributed by atoms with Crippen LogP contribution in [0.3, 0.4) is 0 Å². The van der Waals surface area contributed by atoms with Crippen molar-refractivity contribution in [2.45, 2.75) is 44.9 Å². The van der Waals surface area contributed by atoms with E-state index in [1.807, 2.05) is 6.07 Å². The van der Waals surface area contributed by atoms with E-state index in [9.17, 15) is 22.8 Å². The average Bonchev–Trinajstić information content (AvgIpc) is 3.22. The first-order chi connectivity index (χ1) is 20.4. The van der Waals surface area contributed by atoms with Crippen LogP contribution in [0.15, 0.2) is 29.1 Å². The van der Waals surface area contributed by atoms with Crippen LogP contribution >= 0.6 is 0 Å². The van der Waals surface area contributed by atoms with Crippen molar-refractivity contribution in [1.82, 2.24) is 14.5 Å². The van der Waals surface area contributed by atoms with Crippen molar-refractivity contribution in [2.75, 3.05) is 59.4 Å². The van der Waals surface area contributed by atoms with E-state index >= 15 is 0 Å². The SMILES string of the molecule is COc1cc2c(c(OC)c1OC)-c1ccc(NCC(=O)N3CCN(S(=O)(=O)C(C)C)CC3)c(=O)cc1[C@@H](NC(C)=O)CC2. The summed E-state index contributed by atoms with van der Waals surface area (Å²) >= 11 is 0. The molecule has 2 amide bonds. The topological polar surface area (TPSA) is 144 Å². The molecule has 2 N–H and O–H groups in total. The van der Waals surface area contributed by atoms with Gasteiger partial charge in [-0.3, -0.25) is 14.4 Å². The molecule has 13 heteroatoms. The van der Waals surface area contributed by atoms with Crippen molar-refractivity contribution in [3.63, 3.8) is 0 Å². The van der Waals surface area contributed by atoms with Crippen LogP contribution in [0, 0.1) is 0 Å².